The lowest BCUT2D eigenvalue weighted by Crippen LogP contribution is -2.16. The third-order valence-electron chi connectivity index (χ3n) is 4.34. The van der Waals surface area contributed by atoms with Gasteiger partial charge < -0.3 is 5.32 Å². The number of benzene rings is 3. The minimum atomic E-state index is -0.396. The van der Waals surface area contributed by atoms with Crippen LogP contribution in [-0.2, 0) is 4.79 Å². The largest absolute Gasteiger partial charge is 0.325 e. The molecule has 3 aromatic carbocycles. The molecule has 1 amide bonds. The van der Waals surface area contributed by atoms with Crippen LogP contribution in [0.4, 0.5) is 21.5 Å². The minimum absolute atomic E-state index is 0.153. The second kappa shape index (κ2) is 9.24. The first-order valence-corrected chi connectivity index (χ1v) is 10.6. The van der Waals surface area contributed by atoms with Crippen molar-refractivity contribution in [2.75, 3.05) is 11.1 Å². The lowest BCUT2D eigenvalue weighted by molar-refractivity contribution is -0.113. The number of hydrogen-bond acceptors (Lipinski definition) is 4. The summed E-state index contributed by atoms with van der Waals surface area (Å²) in [5.74, 6) is -0.472. The van der Waals surface area contributed by atoms with Crippen molar-refractivity contribution in [3.63, 3.8) is 0 Å². The smallest absolute Gasteiger partial charge is 0.234 e. The van der Waals surface area contributed by atoms with Crippen molar-refractivity contribution in [3.8, 4) is 0 Å². The molecule has 0 radical (unpaired) electrons. The molecule has 0 bridgehead atoms. The first kappa shape index (κ1) is 20.3. The van der Waals surface area contributed by atoms with E-state index in [1.54, 1.807) is 12.1 Å². The number of carbonyl (C=O) groups is 1. The van der Waals surface area contributed by atoms with Gasteiger partial charge in [0.1, 0.15) is 5.82 Å². The van der Waals surface area contributed by atoms with Crippen LogP contribution in [0, 0.1) is 5.82 Å². The van der Waals surface area contributed by atoms with Crippen molar-refractivity contribution in [2.24, 2.45) is 9.98 Å². The molecule has 0 saturated heterocycles. The van der Waals surface area contributed by atoms with Crippen LogP contribution in [0.15, 0.2) is 82.8 Å². The molecule has 1 aliphatic rings. The molecule has 1 heterocycles. The van der Waals surface area contributed by atoms with E-state index in [0.717, 1.165) is 27.7 Å². The summed E-state index contributed by atoms with van der Waals surface area (Å²) in [6.45, 7) is 0. The monoisotopic (exact) mass is 437 g/mol. The molecule has 0 atom stereocenters. The maximum atomic E-state index is 13.3. The Hall–Kier alpha value is -2.96. The Morgan fingerprint density at radius 1 is 1.00 bits per heavy atom. The Labute approximate surface area is 182 Å². The Bertz CT molecular complexity index is 1160. The number of anilines is 1. The van der Waals surface area contributed by atoms with Gasteiger partial charge in [-0.2, -0.15) is 0 Å². The number of hydrogen-bond donors (Lipinski definition) is 1. The lowest BCUT2D eigenvalue weighted by atomic mass is 10.1. The standard InChI is InChI=1S/C23H17ClFN3OS/c24-16-6-3-5-15(11-16)21-13-23(28-20-10-2-1-9-19(20)27-21)30-14-22(29)26-18-8-4-7-17(25)12-18/h1-12H,13-14H2,(H,26,29). The third-order valence-corrected chi connectivity index (χ3v) is 5.55. The summed E-state index contributed by atoms with van der Waals surface area (Å²) < 4.78 is 13.3. The summed E-state index contributed by atoms with van der Waals surface area (Å²) in [5, 5.41) is 4.11. The lowest BCUT2D eigenvalue weighted by Gasteiger charge is -2.09. The molecule has 7 heteroatoms. The summed E-state index contributed by atoms with van der Waals surface area (Å²) >= 11 is 7.50. The van der Waals surface area contributed by atoms with Gasteiger partial charge in [0.05, 0.1) is 27.9 Å². The SMILES string of the molecule is O=C(CSC1=Nc2ccccc2N=C(c2cccc(Cl)c2)C1)Nc1cccc(F)c1. The Balaban J connectivity index is 1.53. The van der Waals surface area contributed by atoms with Crippen molar-refractivity contribution >= 4 is 57.1 Å². The van der Waals surface area contributed by atoms with Gasteiger partial charge >= 0.3 is 0 Å². The molecule has 3 aromatic rings. The van der Waals surface area contributed by atoms with Gasteiger partial charge in [-0.15, -0.1) is 11.8 Å². The average Bonchev–Trinajstić information content (AvgIpc) is 2.91. The highest BCUT2D eigenvalue weighted by atomic mass is 35.5. The van der Waals surface area contributed by atoms with E-state index < -0.39 is 5.82 Å². The molecule has 30 heavy (non-hydrogen) atoms. The van der Waals surface area contributed by atoms with Gasteiger partial charge in [-0.05, 0) is 48.0 Å². The van der Waals surface area contributed by atoms with Gasteiger partial charge in [0.25, 0.3) is 0 Å². The van der Waals surface area contributed by atoms with Crippen LogP contribution < -0.4 is 5.32 Å². The van der Waals surface area contributed by atoms with Crippen molar-refractivity contribution in [1.29, 1.82) is 0 Å². The molecular weight excluding hydrogens is 421 g/mol. The number of carbonyl (C=O) groups excluding carboxylic acids is 1. The Kier molecular flexibility index (Phi) is 6.26. The van der Waals surface area contributed by atoms with E-state index in [-0.39, 0.29) is 11.7 Å². The maximum Gasteiger partial charge on any atom is 0.234 e. The molecule has 0 unspecified atom stereocenters. The number of halogens is 2. The summed E-state index contributed by atoms with van der Waals surface area (Å²) in [4.78, 5) is 21.9. The van der Waals surface area contributed by atoms with Gasteiger partial charge in [-0.1, -0.05) is 41.9 Å². The van der Waals surface area contributed by atoms with E-state index >= 15 is 0 Å². The van der Waals surface area contributed by atoms with Crippen LogP contribution >= 0.6 is 23.4 Å². The van der Waals surface area contributed by atoms with Crippen molar-refractivity contribution in [3.05, 3.63) is 89.2 Å². The zero-order chi connectivity index (χ0) is 20.9. The van der Waals surface area contributed by atoms with Crippen molar-refractivity contribution < 1.29 is 9.18 Å². The van der Waals surface area contributed by atoms with Crippen LogP contribution in [0.2, 0.25) is 5.02 Å². The molecule has 0 saturated carbocycles. The molecule has 150 valence electrons. The van der Waals surface area contributed by atoms with Crippen molar-refractivity contribution in [2.45, 2.75) is 6.42 Å². The minimum Gasteiger partial charge on any atom is -0.325 e. The zero-order valence-corrected chi connectivity index (χ0v) is 17.4. The number of amides is 1. The molecule has 1 N–H and O–H groups in total. The van der Waals surface area contributed by atoms with Gasteiger partial charge in [0.15, 0.2) is 0 Å². The van der Waals surface area contributed by atoms with Crippen LogP contribution in [0.1, 0.15) is 12.0 Å². The maximum absolute atomic E-state index is 13.3. The Morgan fingerprint density at radius 2 is 1.77 bits per heavy atom. The molecule has 0 aliphatic carbocycles. The summed E-state index contributed by atoms with van der Waals surface area (Å²) in [6.07, 6.45) is 0.479. The highest BCUT2D eigenvalue weighted by Crippen LogP contribution is 2.33. The first-order chi connectivity index (χ1) is 14.6. The highest BCUT2D eigenvalue weighted by Gasteiger charge is 2.17. The van der Waals surface area contributed by atoms with E-state index in [1.165, 1.54) is 23.9 Å². The number of aliphatic imine (C=N–C) groups is 2. The average molecular weight is 438 g/mol. The predicted octanol–water partition coefficient (Wildman–Crippen LogP) is 6.41. The van der Waals surface area contributed by atoms with E-state index in [4.69, 9.17) is 21.6 Å². The van der Waals surface area contributed by atoms with E-state index in [1.807, 2.05) is 48.5 Å². The fourth-order valence-corrected chi connectivity index (χ4v) is 3.95. The van der Waals surface area contributed by atoms with E-state index in [0.29, 0.717) is 17.1 Å². The van der Waals surface area contributed by atoms with Crippen LogP contribution in [-0.4, -0.2) is 22.4 Å². The van der Waals surface area contributed by atoms with Gasteiger partial charge in [-0.25, -0.2) is 9.38 Å². The molecule has 1 aliphatic heterocycles. The molecule has 0 spiro atoms. The van der Waals surface area contributed by atoms with Gasteiger partial charge in [0, 0.05) is 17.1 Å². The topological polar surface area (TPSA) is 53.8 Å². The summed E-state index contributed by atoms with van der Waals surface area (Å²) in [5.41, 5.74) is 3.70. The van der Waals surface area contributed by atoms with Crippen LogP contribution in [0.25, 0.3) is 0 Å². The highest BCUT2D eigenvalue weighted by molar-refractivity contribution is 8.14. The third kappa shape index (κ3) is 5.14. The number of nitrogens with one attached hydrogen (secondary N) is 1. The van der Waals surface area contributed by atoms with E-state index in [2.05, 4.69) is 5.32 Å². The molecule has 4 nitrogen and oxygen atoms in total. The summed E-state index contributed by atoms with van der Waals surface area (Å²) in [6, 6.07) is 21.0. The zero-order valence-electron chi connectivity index (χ0n) is 15.8. The molecule has 0 fully saturated rings. The normalized spacial score (nSPS) is 13.0. The van der Waals surface area contributed by atoms with Gasteiger partial charge in [0.2, 0.25) is 5.91 Å². The second-order valence-corrected chi connectivity index (χ2v) is 8.07. The fourth-order valence-electron chi connectivity index (χ4n) is 2.99. The molecule has 4 rings (SSSR count). The predicted molar refractivity (Wildman–Crippen MR) is 123 cm³/mol. The quantitative estimate of drug-likeness (QED) is 0.513. The summed E-state index contributed by atoms with van der Waals surface area (Å²) in [7, 11) is 0. The fraction of sp³-hybridized carbons (Fsp3) is 0.0870. The number of nitrogens with zero attached hydrogens (tertiary/aromatic N) is 2. The number of rotatable bonds is 4. The van der Waals surface area contributed by atoms with Crippen molar-refractivity contribution in [1.82, 2.24) is 0 Å². The number of fused-ring (bicyclic) bond motifs is 1. The Morgan fingerprint density at radius 3 is 2.53 bits per heavy atom. The molecular formula is C23H17ClFN3OS. The molecule has 0 aromatic heterocycles. The second-order valence-electron chi connectivity index (χ2n) is 6.59. The van der Waals surface area contributed by atoms with Gasteiger partial charge in [-0.3, -0.25) is 9.79 Å². The number of para-hydroxylation sites is 2. The number of thioether (sulfide) groups is 1. The van der Waals surface area contributed by atoms with E-state index in [9.17, 15) is 9.18 Å². The van der Waals surface area contributed by atoms with Crippen LogP contribution in [0.3, 0.4) is 0 Å². The first-order valence-electron chi connectivity index (χ1n) is 9.25. The van der Waals surface area contributed by atoms with Crippen LogP contribution in [0.5, 0.6) is 0 Å².